The maximum atomic E-state index is 2.72. The minimum Gasteiger partial charge on any atom is -0.356 e. The van der Waals surface area contributed by atoms with Crippen molar-refractivity contribution in [3.8, 4) is 0 Å². The van der Waals surface area contributed by atoms with Crippen LogP contribution in [0.1, 0.15) is 252 Å². The Hall–Kier alpha value is -0.660. The highest BCUT2D eigenvalue weighted by Crippen LogP contribution is 2.24. The summed E-state index contributed by atoms with van der Waals surface area (Å²) in [7, 11) is 0. The minimum atomic E-state index is 0.639. The first kappa shape index (κ1) is 43.4. The van der Waals surface area contributed by atoms with Gasteiger partial charge in [-0.25, -0.2) is 0 Å². The number of rotatable bonds is 38. The first-order chi connectivity index (χ1) is 22.8. The molecule has 46 heavy (non-hydrogen) atoms. The van der Waals surface area contributed by atoms with E-state index in [0.717, 1.165) is 0 Å². The van der Waals surface area contributed by atoms with Gasteiger partial charge in [-0.15, -0.1) is 0 Å². The zero-order chi connectivity index (χ0) is 33.0. The van der Waals surface area contributed by atoms with Crippen LogP contribution in [0.2, 0.25) is 0 Å². The fourth-order valence-corrected chi connectivity index (χ4v) is 7.60. The summed E-state index contributed by atoms with van der Waals surface area (Å²) < 4.78 is 0. The summed E-state index contributed by atoms with van der Waals surface area (Å²) in [4.78, 5) is 5.43. The fraction of sp³-hybridized carbons (Fsp3) is 0.955. The second-order valence-corrected chi connectivity index (χ2v) is 15.4. The molecule has 0 spiro atoms. The molecule has 1 aliphatic rings. The van der Waals surface area contributed by atoms with E-state index in [0.29, 0.717) is 6.17 Å². The van der Waals surface area contributed by atoms with Gasteiger partial charge in [0.25, 0.3) is 0 Å². The van der Waals surface area contributed by atoms with E-state index in [2.05, 4.69) is 43.0 Å². The smallest absolute Gasteiger partial charge is 0.101 e. The van der Waals surface area contributed by atoms with E-state index in [1.165, 1.54) is 244 Å². The Morgan fingerprint density at radius 3 is 0.761 bits per heavy atom. The van der Waals surface area contributed by atoms with Gasteiger partial charge < -0.3 is 9.80 Å². The first-order valence-corrected chi connectivity index (χ1v) is 22.0. The second kappa shape index (κ2) is 35.6. The van der Waals surface area contributed by atoms with Crippen LogP contribution >= 0.6 is 0 Å². The van der Waals surface area contributed by atoms with E-state index in [1.807, 2.05) is 0 Å². The van der Waals surface area contributed by atoms with Gasteiger partial charge in [-0.05, 0) is 25.7 Å². The molecule has 0 N–H and O–H groups in total. The third-order valence-electron chi connectivity index (χ3n) is 10.8. The van der Waals surface area contributed by atoms with Crippen molar-refractivity contribution in [1.29, 1.82) is 0 Å². The Balaban J connectivity index is 2.11. The molecule has 2 nitrogen and oxygen atoms in total. The van der Waals surface area contributed by atoms with E-state index in [1.54, 1.807) is 0 Å². The molecule has 0 radical (unpaired) electrons. The molecule has 0 amide bonds. The molecule has 1 atom stereocenters. The van der Waals surface area contributed by atoms with Gasteiger partial charge in [0.2, 0.25) is 0 Å². The standard InChI is InChI=1S/C44H88N2/c1-4-7-10-13-15-17-19-21-23-24-26-28-30-32-35-38-41-46-43-42-45(40-37-34-12-9-6-3)44(46)39-36-33-31-29-27-25-22-20-18-16-14-11-8-5-2/h42-44H,4-41H2,1-3H3. The zero-order valence-corrected chi connectivity index (χ0v) is 32.5. The van der Waals surface area contributed by atoms with Gasteiger partial charge in [0.15, 0.2) is 0 Å². The molecule has 0 aromatic carbocycles. The molecule has 0 saturated heterocycles. The molecule has 0 bridgehead atoms. The van der Waals surface area contributed by atoms with E-state index in [4.69, 9.17) is 0 Å². The predicted molar refractivity (Wildman–Crippen MR) is 210 cm³/mol. The van der Waals surface area contributed by atoms with E-state index < -0.39 is 0 Å². The minimum absolute atomic E-state index is 0.639. The number of hydrogen-bond acceptors (Lipinski definition) is 2. The van der Waals surface area contributed by atoms with Crippen molar-refractivity contribution in [3.05, 3.63) is 12.4 Å². The second-order valence-electron chi connectivity index (χ2n) is 15.4. The summed E-state index contributed by atoms with van der Waals surface area (Å²) in [5.41, 5.74) is 0. The Morgan fingerprint density at radius 1 is 0.283 bits per heavy atom. The van der Waals surface area contributed by atoms with Gasteiger partial charge in [0.1, 0.15) is 6.17 Å². The quantitative estimate of drug-likeness (QED) is 0.0617. The lowest BCUT2D eigenvalue weighted by Gasteiger charge is -2.33. The van der Waals surface area contributed by atoms with E-state index in [9.17, 15) is 0 Å². The van der Waals surface area contributed by atoms with Crippen molar-refractivity contribution in [2.45, 2.75) is 258 Å². The number of nitrogens with zero attached hydrogens (tertiary/aromatic N) is 2. The molecule has 1 heterocycles. The van der Waals surface area contributed by atoms with Crippen LogP contribution in [-0.2, 0) is 0 Å². The first-order valence-electron chi connectivity index (χ1n) is 22.0. The lowest BCUT2D eigenvalue weighted by Crippen LogP contribution is -2.39. The molecule has 0 aromatic heterocycles. The normalized spacial score (nSPS) is 14.7. The van der Waals surface area contributed by atoms with Crippen LogP contribution in [0.25, 0.3) is 0 Å². The van der Waals surface area contributed by atoms with Crippen LogP contribution in [0.5, 0.6) is 0 Å². The third-order valence-corrected chi connectivity index (χ3v) is 10.8. The van der Waals surface area contributed by atoms with Crippen LogP contribution in [-0.4, -0.2) is 29.1 Å². The largest absolute Gasteiger partial charge is 0.356 e. The molecule has 0 aromatic rings. The van der Waals surface area contributed by atoms with Gasteiger partial charge in [0.05, 0.1) is 0 Å². The summed E-state index contributed by atoms with van der Waals surface area (Å²) in [5, 5.41) is 0. The number of unbranched alkanes of at least 4 members (excludes halogenated alkanes) is 32. The average Bonchev–Trinajstić information content (AvgIpc) is 3.45. The van der Waals surface area contributed by atoms with Crippen molar-refractivity contribution in [3.63, 3.8) is 0 Å². The zero-order valence-electron chi connectivity index (χ0n) is 32.5. The molecule has 1 unspecified atom stereocenters. The van der Waals surface area contributed by atoms with Crippen molar-refractivity contribution in [2.24, 2.45) is 0 Å². The summed E-state index contributed by atoms with van der Waals surface area (Å²) in [6, 6.07) is 0. The SMILES string of the molecule is CCCCCCCCCCCCCCCCCCN1C=CN(CCCCCCC)C1CCCCCCCCCCCCCCCC. The average molecular weight is 645 g/mol. The molecule has 2 heteroatoms. The molecule has 1 aliphatic heterocycles. The van der Waals surface area contributed by atoms with Gasteiger partial charge in [0, 0.05) is 25.5 Å². The Bertz CT molecular complexity index is 601. The van der Waals surface area contributed by atoms with Crippen LogP contribution in [0.3, 0.4) is 0 Å². The highest BCUT2D eigenvalue weighted by Gasteiger charge is 2.24. The lowest BCUT2D eigenvalue weighted by molar-refractivity contribution is 0.135. The van der Waals surface area contributed by atoms with Crippen LogP contribution < -0.4 is 0 Å². The van der Waals surface area contributed by atoms with Crippen molar-refractivity contribution < 1.29 is 0 Å². The maximum Gasteiger partial charge on any atom is 0.101 e. The third kappa shape index (κ3) is 27.3. The monoisotopic (exact) mass is 645 g/mol. The van der Waals surface area contributed by atoms with E-state index in [-0.39, 0.29) is 0 Å². The van der Waals surface area contributed by atoms with Crippen LogP contribution in [0, 0.1) is 0 Å². The molecule has 0 fully saturated rings. The summed E-state index contributed by atoms with van der Waals surface area (Å²) in [5.74, 6) is 0. The molecule has 0 aliphatic carbocycles. The van der Waals surface area contributed by atoms with Gasteiger partial charge in [-0.3, -0.25) is 0 Å². The number of hydrogen-bond donors (Lipinski definition) is 0. The highest BCUT2D eigenvalue weighted by molar-refractivity contribution is 4.97. The lowest BCUT2D eigenvalue weighted by atomic mass is 10.0. The van der Waals surface area contributed by atoms with Crippen molar-refractivity contribution in [1.82, 2.24) is 9.80 Å². The summed E-state index contributed by atoms with van der Waals surface area (Å²) >= 11 is 0. The molecule has 274 valence electrons. The van der Waals surface area contributed by atoms with Gasteiger partial charge >= 0.3 is 0 Å². The Morgan fingerprint density at radius 2 is 0.500 bits per heavy atom. The van der Waals surface area contributed by atoms with Crippen molar-refractivity contribution >= 4 is 0 Å². The highest BCUT2D eigenvalue weighted by atomic mass is 15.4. The molecular weight excluding hydrogens is 556 g/mol. The Labute approximate surface area is 292 Å². The summed E-state index contributed by atoms with van der Waals surface area (Å²) in [6.07, 6.45) is 57.4. The fourth-order valence-electron chi connectivity index (χ4n) is 7.60. The van der Waals surface area contributed by atoms with Gasteiger partial charge in [-0.1, -0.05) is 226 Å². The topological polar surface area (TPSA) is 6.48 Å². The van der Waals surface area contributed by atoms with Gasteiger partial charge in [-0.2, -0.15) is 0 Å². The molecule has 1 rings (SSSR count). The van der Waals surface area contributed by atoms with Crippen molar-refractivity contribution in [2.75, 3.05) is 13.1 Å². The molecule has 0 saturated carbocycles. The predicted octanol–water partition coefficient (Wildman–Crippen LogP) is 15.5. The van der Waals surface area contributed by atoms with Crippen LogP contribution in [0.15, 0.2) is 12.4 Å². The maximum absolute atomic E-state index is 2.72. The van der Waals surface area contributed by atoms with Crippen LogP contribution in [0.4, 0.5) is 0 Å². The molecular formula is C44H88N2. The van der Waals surface area contributed by atoms with E-state index >= 15 is 0 Å². The summed E-state index contributed by atoms with van der Waals surface area (Å²) in [6.45, 7) is 9.48. The Kier molecular flexibility index (Phi) is 33.6.